The third-order valence-electron chi connectivity index (χ3n) is 1.89. The fraction of sp³-hybridized carbons (Fsp3) is 0.500. The van der Waals surface area contributed by atoms with Gasteiger partial charge in [0.2, 0.25) is 5.91 Å². The summed E-state index contributed by atoms with van der Waals surface area (Å²) in [7, 11) is -3.15. The van der Waals surface area contributed by atoms with Crippen LogP contribution in [0.5, 0.6) is 0 Å². The Hall–Kier alpha value is -1.37. The SMILES string of the molecule is O=C(O)CNC(=O)CC1C=CS(=O)(=O)C1. The Bertz CT molecular complexity index is 397. The van der Waals surface area contributed by atoms with E-state index >= 15 is 0 Å². The zero-order chi connectivity index (χ0) is 11.5. The van der Waals surface area contributed by atoms with Gasteiger partial charge in [-0.3, -0.25) is 9.59 Å². The highest BCUT2D eigenvalue weighted by molar-refractivity contribution is 7.94. The molecule has 0 aromatic heterocycles. The molecule has 1 atom stereocenters. The molecular weight excluding hydrogens is 222 g/mol. The predicted molar refractivity (Wildman–Crippen MR) is 51.7 cm³/mol. The van der Waals surface area contributed by atoms with E-state index in [1.54, 1.807) is 0 Å². The molecule has 1 amide bonds. The third kappa shape index (κ3) is 4.11. The van der Waals surface area contributed by atoms with E-state index in [4.69, 9.17) is 5.11 Å². The van der Waals surface area contributed by atoms with Crippen molar-refractivity contribution in [2.24, 2.45) is 5.92 Å². The molecule has 1 aliphatic heterocycles. The number of nitrogens with one attached hydrogen (secondary N) is 1. The van der Waals surface area contributed by atoms with Crippen LogP contribution in [0.3, 0.4) is 0 Å². The normalized spacial score (nSPS) is 22.5. The topological polar surface area (TPSA) is 101 Å². The molecule has 0 aromatic carbocycles. The van der Waals surface area contributed by atoms with Crippen molar-refractivity contribution in [2.45, 2.75) is 6.42 Å². The van der Waals surface area contributed by atoms with Gasteiger partial charge in [0.1, 0.15) is 6.54 Å². The van der Waals surface area contributed by atoms with Gasteiger partial charge in [-0.25, -0.2) is 8.42 Å². The molecule has 0 saturated heterocycles. The van der Waals surface area contributed by atoms with Crippen LogP contribution in [0.1, 0.15) is 6.42 Å². The molecule has 84 valence electrons. The number of carbonyl (C=O) groups excluding carboxylic acids is 1. The van der Waals surface area contributed by atoms with Gasteiger partial charge in [0.05, 0.1) is 5.75 Å². The van der Waals surface area contributed by atoms with Crippen molar-refractivity contribution in [1.82, 2.24) is 5.32 Å². The summed E-state index contributed by atoms with van der Waals surface area (Å²) < 4.78 is 22.0. The van der Waals surface area contributed by atoms with Crippen molar-refractivity contribution >= 4 is 21.7 Å². The van der Waals surface area contributed by atoms with Crippen molar-refractivity contribution in [3.8, 4) is 0 Å². The monoisotopic (exact) mass is 233 g/mol. The molecule has 2 N–H and O–H groups in total. The van der Waals surface area contributed by atoms with E-state index < -0.39 is 28.3 Å². The molecule has 1 heterocycles. The number of sulfone groups is 1. The number of carboxylic acids is 1. The van der Waals surface area contributed by atoms with Crippen LogP contribution in [0.15, 0.2) is 11.5 Å². The highest BCUT2D eigenvalue weighted by atomic mass is 32.2. The maximum absolute atomic E-state index is 11.1. The van der Waals surface area contributed by atoms with Crippen LogP contribution >= 0.6 is 0 Å². The molecule has 1 aliphatic rings. The number of hydrogen-bond acceptors (Lipinski definition) is 4. The van der Waals surface area contributed by atoms with Crippen molar-refractivity contribution in [3.05, 3.63) is 11.5 Å². The lowest BCUT2D eigenvalue weighted by molar-refractivity contribution is -0.138. The van der Waals surface area contributed by atoms with Crippen LogP contribution in [-0.2, 0) is 19.4 Å². The molecule has 0 radical (unpaired) electrons. The summed E-state index contributed by atoms with van der Waals surface area (Å²) in [6, 6.07) is 0. The molecule has 1 unspecified atom stereocenters. The molecule has 0 aliphatic carbocycles. The van der Waals surface area contributed by atoms with Gasteiger partial charge in [-0.1, -0.05) is 6.08 Å². The molecule has 6 nitrogen and oxygen atoms in total. The first-order valence-electron chi connectivity index (χ1n) is 4.28. The van der Waals surface area contributed by atoms with Crippen molar-refractivity contribution in [2.75, 3.05) is 12.3 Å². The lowest BCUT2D eigenvalue weighted by Crippen LogP contribution is -2.30. The zero-order valence-electron chi connectivity index (χ0n) is 7.84. The van der Waals surface area contributed by atoms with E-state index in [0.29, 0.717) is 0 Å². The maximum Gasteiger partial charge on any atom is 0.322 e. The van der Waals surface area contributed by atoms with Gasteiger partial charge >= 0.3 is 5.97 Å². The summed E-state index contributed by atoms with van der Waals surface area (Å²) in [6.45, 7) is -0.442. The summed E-state index contributed by atoms with van der Waals surface area (Å²) in [5.74, 6) is -2.00. The Morgan fingerprint density at radius 1 is 1.47 bits per heavy atom. The highest BCUT2D eigenvalue weighted by Crippen LogP contribution is 2.17. The molecule has 1 rings (SSSR count). The molecule has 0 saturated carbocycles. The first-order valence-corrected chi connectivity index (χ1v) is 6.00. The summed E-state index contributed by atoms with van der Waals surface area (Å²) >= 11 is 0. The maximum atomic E-state index is 11.1. The largest absolute Gasteiger partial charge is 0.480 e. The fourth-order valence-corrected chi connectivity index (χ4v) is 2.65. The van der Waals surface area contributed by atoms with Crippen LogP contribution < -0.4 is 5.32 Å². The van der Waals surface area contributed by atoms with Crippen molar-refractivity contribution in [3.63, 3.8) is 0 Å². The molecule has 0 spiro atoms. The first kappa shape index (κ1) is 11.7. The van der Waals surface area contributed by atoms with Crippen LogP contribution in [0.4, 0.5) is 0 Å². The van der Waals surface area contributed by atoms with E-state index in [0.717, 1.165) is 5.41 Å². The van der Waals surface area contributed by atoms with Crippen LogP contribution in [0.25, 0.3) is 0 Å². The van der Waals surface area contributed by atoms with Gasteiger partial charge < -0.3 is 10.4 Å². The van der Waals surface area contributed by atoms with Crippen molar-refractivity contribution < 1.29 is 23.1 Å². The van der Waals surface area contributed by atoms with E-state index in [-0.39, 0.29) is 18.1 Å². The summed E-state index contributed by atoms with van der Waals surface area (Å²) in [4.78, 5) is 21.2. The van der Waals surface area contributed by atoms with Gasteiger partial charge in [0.25, 0.3) is 0 Å². The smallest absolute Gasteiger partial charge is 0.322 e. The van der Waals surface area contributed by atoms with Crippen LogP contribution in [-0.4, -0.2) is 37.7 Å². The van der Waals surface area contributed by atoms with E-state index in [2.05, 4.69) is 5.32 Å². The number of hydrogen-bond donors (Lipinski definition) is 2. The number of amides is 1. The minimum Gasteiger partial charge on any atom is -0.480 e. The summed E-state index contributed by atoms with van der Waals surface area (Å²) in [6.07, 6.45) is 1.46. The van der Waals surface area contributed by atoms with Gasteiger partial charge in [-0.15, -0.1) is 0 Å². The minimum atomic E-state index is -3.15. The zero-order valence-corrected chi connectivity index (χ0v) is 8.66. The van der Waals surface area contributed by atoms with Crippen LogP contribution in [0, 0.1) is 5.92 Å². The molecule has 0 bridgehead atoms. The average Bonchev–Trinajstić information content (AvgIpc) is 2.42. The van der Waals surface area contributed by atoms with Gasteiger partial charge in [-0.2, -0.15) is 0 Å². The second kappa shape index (κ2) is 4.43. The van der Waals surface area contributed by atoms with E-state index in [9.17, 15) is 18.0 Å². The molecular formula is C8H11NO5S. The lowest BCUT2D eigenvalue weighted by atomic mass is 10.1. The van der Waals surface area contributed by atoms with Gasteiger partial charge in [-0.05, 0) is 0 Å². The Labute approximate surface area is 86.9 Å². The molecule has 7 heteroatoms. The first-order chi connectivity index (χ1) is 6.89. The average molecular weight is 233 g/mol. The van der Waals surface area contributed by atoms with Crippen molar-refractivity contribution in [1.29, 1.82) is 0 Å². The fourth-order valence-electron chi connectivity index (χ4n) is 1.25. The molecule has 0 fully saturated rings. The third-order valence-corrected chi connectivity index (χ3v) is 3.35. The molecule has 15 heavy (non-hydrogen) atoms. The number of allylic oxidation sites excluding steroid dienone is 1. The predicted octanol–water partition coefficient (Wildman–Crippen LogP) is -0.864. The van der Waals surface area contributed by atoms with E-state index in [1.165, 1.54) is 6.08 Å². The number of carboxylic acid groups (broad SMARTS) is 1. The second-order valence-corrected chi connectivity index (χ2v) is 5.22. The van der Waals surface area contributed by atoms with Crippen LogP contribution in [0.2, 0.25) is 0 Å². The lowest BCUT2D eigenvalue weighted by Gasteiger charge is -2.05. The number of rotatable bonds is 4. The summed E-state index contributed by atoms with van der Waals surface area (Å²) in [5.41, 5.74) is 0. The minimum absolute atomic E-state index is 0.00299. The Kier molecular flexibility index (Phi) is 3.46. The number of carbonyl (C=O) groups is 2. The highest BCUT2D eigenvalue weighted by Gasteiger charge is 2.23. The summed E-state index contributed by atoms with van der Waals surface area (Å²) in [5, 5.41) is 11.5. The van der Waals surface area contributed by atoms with E-state index in [1.807, 2.05) is 0 Å². The standard InChI is InChI=1S/C8H11NO5S/c10-7(9-4-8(11)12)3-6-1-2-15(13,14)5-6/h1-2,6H,3-5H2,(H,9,10)(H,11,12). The second-order valence-electron chi connectivity index (χ2n) is 3.29. The quantitative estimate of drug-likeness (QED) is 0.657. The van der Waals surface area contributed by atoms with Gasteiger partial charge in [0.15, 0.2) is 9.84 Å². The molecule has 0 aromatic rings. The Balaban J connectivity index is 2.35. The number of aliphatic carboxylic acids is 1. The Morgan fingerprint density at radius 3 is 2.60 bits per heavy atom. The Morgan fingerprint density at radius 2 is 2.13 bits per heavy atom. The van der Waals surface area contributed by atoms with Gasteiger partial charge in [0, 0.05) is 17.7 Å².